The third kappa shape index (κ3) is 11.4. The van der Waals surface area contributed by atoms with Crippen molar-refractivity contribution in [1.82, 2.24) is 25.3 Å². The number of amides is 5. The molecule has 0 aromatic heterocycles. The SMILES string of the molecule is CC[C@H](C)[C@@H]([C@@H](CC(=O)N1CCC[C@H]1[C@H](OC)[C@@H](C)C(=O)N[C@H](CO)Cc1ccccc1)OC)N(C)C(=O)[C@@H](NC(=O)N1CCO[C@@H](C)C1)C(C)C. The number of nitrogens with zero attached hydrogens (tertiary/aromatic N) is 3. The molecule has 3 N–H and O–H groups in total. The standard InChI is InChI=1S/C39H65N5O8/c1-10-26(4)35(42(7)38(48)34(25(2)3)41-39(49)43-19-20-52-27(5)23-43)32(50-8)22-33(46)44-18-14-17-31(44)36(51-9)28(6)37(47)40-30(24-45)21-29-15-12-11-13-16-29/h11-13,15-16,25-28,30-32,34-36,45H,10,14,17-24H2,1-9H3,(H,40,47)(H,41,49)/t26-,27-,28+,30-,31-,32+,34-,35-,36+/m0/s1. The molecule has 13 heteroatoms. The smallest absolute Gasteiger partial charge is 0.318 e. The number of rotatable bonds is 18. The maximum absolute atomic E-state index is 14.2. The van der Waals surface area contributed by atoms with Gasteiger partial charge in [0, 0.05) is 40.9 Å². The fourth-order valence-electron chi connectivity index (χ4n) is 7.66. The van der Waals surface area contributed by atoms with Crippen molar-refractivity contribution in [3.8, 4) is 0 Å². The number of hydrogen-bond acceptors (Lipinski definition) is 8. The predicted molar refractivity (Wildman–Crippen MR) is 199 cm³/mol. The molecule has 0 bridgehead atoms. The summed E-state index contributed by atoms with van der Waals surface area (Å²) in [6.07, 6.45) is 1.44. The maximum Gasteiger partial charge on any atom is 0.318 e. The number of nitrogens with one attached hydrogen (secondary N) is 2. The molecule has 0 unspecified atom stereocenters. The minimum Gasteiger partial charge on any atom is -0.394 e. The Hall–Kier alpha value is -3.26. The molecular formula is C39H65N5O8. The number of morpholine rings is 1. The Kier molecular flexibility index (Phi) is 17.3. The zero-order chi connectivity index (χ0) is 38.5. The van der Waals surface area contributed by atoms with Gasteiger partial charge >= 0.3 is 6.03 Å². The predicted octanol–water partition coefficient (Wildman–Crippen LogP) is 3.08. The van der Waals surface area contributed by atoms with E-state index in [-0.39, 0.29) is 60.8 Å². The molecule has 0 spiro atoms. The van der Waals surface area contributed by atoms with Crippen LogP contribution in [0.15, 0.2) is 30.3 Å². The van der Waals surface area contributed by atoms with Crippen molar-refractivity contribution in [2.24, 2.45) is 17.8 Å². The van der Waals surface area contributed by atoms with Crippen LogP contribution in [0.1, 0.15) is 72.8 Å². The van der Waals surface area contributed by atoms with Gasteiger partial charge in [-0.3, -0.25) is 14.4 Å². The van der Waals surface area contributed by atoms with E-state index in [2.05, 4.69) is 10.6 Å². The minimum atomic E-state index is -0.772. The molecule has 3 rings (SSSR count). The van der Waals surface area contributed by atoms with E-state index in [1.165, 1.54) is 0 Å². The molecule has 2 aliphatic heterocycles. The van der Waals surface area contributed by atoms with E-state index in [0.717, 1.165) is 18.4 Å². The summed E-state index contributed by atoms with van der Waals surface area (Å²) in [4.78, 5) is 60.1. The highest BCUT2D eigenvalue weighted by Gasteiger charge is 2.43. The first-order chi connectivity index (χ1) is 24.8. The number of carbonyl (C=O) groups excluding carboxylic acids is 4. The average Bonchev–Trinajstić information content (AvgIpc) is 3.62. The van der Waals surface area contributed by atoms with E-state index in [1.807, 2.05) is 65.0 Å². The number of aliphatic hydroxyl groups is 1. The van der Waals surface area contributed by atoms with Crippen molar-refractivity contribution in [1.29, 1.82) is 0 Å². The molecule has 2 saturated heterocycles. The third-order valence-electron chi connectivity index (χ3n) is 10.9. The first-order valence-electron chi connectivity index (χ1n) is 19.0. The van der Waals surface area contributed by atoms with Gasteiger partial charge in [-0.25, -0.2) is 4.79 Å². The molecule has 2 fully saturated rings. The number of benzene rings is 1. The monoisotopic (exact) mass is 731 g/mol. The molecule has 0 radical (unpaired) electrons. The Morgan fingerprint density at radius 2 is 1.73 bits per heavy atom. The van der Waals surface area contributed by atoms with Gasteiger partial charge in [-0.15, -0.1) is 0 Å². The summed E-state index contributed by atoms with van der Waals surface area (Å²) in [6, 6.07) is 7.38. The lowest BCUT2D eigenvalue weighted by Gasteiger charge is -2.41. The average molecular weight is 732 g/mol. The van der Waals surface area contributed by atoms with Crippen molar-refractivity contribution in [2.75, 3.05) is 54.1 Å². The van der Waals surface area contributed by atoms with Gasteiger partial charge in [0.05, 0.1) is 62.0 Å². The van der Waals surface area contributed by atoms with Crippen LogP contribution >= 0.6 is 0 Å². The van der Waals surface area contributed by atoms with Crippen molar-refractivity contribution in [3.63, 3.8) is 0 Å². The molecule has 1 aromatic carbocycles. The van der Waals surface area contributed by atoms with Gasteiger partial charge in [0.15, 0.2) is 0 Å². The Morgan fingerprint density at radius 3 is 2.31 bits per heavy atom. The van der Waals surface area contributed by atoms with Crippen LogP contribution in [0.2, 0.25) is 0 Å². The Bertz CT molecular complexity index is 1280. The number of carbonyl (C=O) groups is 4. The molecule has 0 aliphatic carbocycles. The van der Waals surface area contributed by atoms with Crippen molar-refractivity contribution < 1.29 is 38.5 Å². The van der Waals surface area contributed by atoms with E-state index in [1.54, 1.807) is 42.9 Å². The molecule has 294 valence electrons. The number of aliphatic hydroxyl groups excluding tert-OH is 1. The van der Waals surface area contributed by atoms with E-state index in [9.17, 15) is 24.3 Å². The zero-order valence-corrected chi connectivity index (χ0v) is 32.9. The van der Waals surface area contributed by atoms with Crippen LogP contribution in [0.25, 0.3) is 0 Å². The highest BCUT2D eigenvalue weighted by molar-refractivity contribution is 5.87. The lowest BCUT2D eigenvalue weighted by atomic mass is 9.89. The van der Waals surface area contributed by atoms with Gasteiger partial charge < -0.3 is 44.7 Å². The topological polar surface area (TPSA) is 150 Å². The number of urea groups is 1. The van der Waals surface area contributed by atoms with Gasteiger partial charge in [-0.1, -0.05) is 71.4 Å². The third-order valence-corrected chi connectivity index (χ3v) is 10.9. The molecule has 2 heterocycles. The van der Waals surface area contributed by atoms with Crippen molar-refractivity contribution in [3.05, 3.63) is 35.9 Å². The fourth-order valence-corrected chi connectivity index (χ4v) is 7.66. The molecule has 0 saturated carbocycles. The highest BCUT2D eigenvalue weighted by Crippen LogP contribution is 2.30. The van der Waals surface area contributed by atoms with Crippen LogP contribution in [0.3, 0.4) is 0 Å². The first-order valence-corrected chi connectivity index (χ1v) is 19.0. The quantitative estimate of drug-likeness (QED) is 0.209. The van der Waals surface area contributed by atoms with Crippen molar-refractivity contribution in [2.45, 2.75) is 116 Å². The number of likely N-dealkylation sites (N-methyl/N-ethyl adjacent to an activating group) is 1. The molecule has 13 nitrogen and oxygen atoms in total. The van der Waals surface area contributed by atoms with Crippen molar-refractivity contribution >= 4 is 23.8 Å². The van der Waals surface area contributed by atoms with Crippen LogP contribution < -0.4 is 10.6 Å². The normalized spacial score (nSPS) is 21.8. The van der Waals surface area contributed by atoms with Gasteiger partial charge in [-0.05, 0) is 43.6 Å². The summed E-state index contributed by atoms with van der Waals surface area (Å²) < 4.78 is 17.5. The number of ether oxygens (including phenoxy) is 3. The zero-order valence-electron chi connectivity index (χ0n) is 32.9. The van der Waals surface area contributed by atoms with E-state index < -0.39 is 36.3 Å². The maximum atomic E-state index is 14.2. The number of methoxy groups -OCH3 is 2. The summed E-state index contributed by atoms with van der Waals surface area (Å²) in [5.74, 6) is -1.41. The second-order valence-corrected chi connectivity index (χ2v) is 15.0. The van der Waals surface area contributed by atoms with Gasteiger partial charge in [-0.2, -0.15) is 0 Å². The molecule has 2 aliphatic rings. The molecule has 5 amide bonds. The Morgan fingerprint density at radius 1 is 1.04 bits per heavy atom. The lowest BCUT2D eigenvalue weighted by molar-refractivity contribution is -0.147. The van der Waals surface area contributed by atoms with Crippen LogP contribution in [0.4, 0.5) is 4.79 Å². The molecule has 9 atom stereocenters. The van der Waals surface area contributed by atoms with Gasteiger partial charge in [0.25, 0.3) is 0 Å². The lowest BCUT2D eigenvalue weighted by Crippen LogP contribution is -2.60. The molecular weight excluding hydrogens is 666 g/mol. The Balaban J connectivity index is 1.73. The first kappa shape index (κ1) is 43.1. The number of hydrogen-bond donors (Lipinski definition) is 3. The number of likely N-dealkylation sites (tertiary alicyclic amines) is 1. The molecule has 1 aromatic rings. The second kappa shape index (κ2) is 20.8. The van der Waals surface area contributed by atoms with Crippen LogP contribution in [-0.4, -0.2) is 140 Å². The molecule has 52 heavy (non-hydrogen) atoms. The minimum absolute atomic E-state index is 0.0181. The van der Waals surface area contributed by atoms with Crippen LogP contribution in [0.5, 0.6) is 0 Å². The van der Waals surface area contributed by atoms with Gasteiger partial charge in [0.2, 0.25) is 17.7 Å². The second-order valence-electron chi connectivity index (χ2n) is 15.0. The van der Waals surface area contributed by atoms with Crippen LogP contribution in [-0.2, 0) is 35.0 Å². The largest absolute Gasteiger partial charge is 0.394 e. The fraction of sp³-hybridized carbons (Fsp3) is 0.744. The van der Waals surface area contributed by atoms with Gasteiger partial charge in [0.1, 0.15) is 6.04 Å². The highest BCUT2D eigenvalue weighted by atomic mass is 16.5. The summed E-state index contributed by atoms with van der Waals surface area (Å²) >= 11 is 0. The Labute approximate surface area is 311 Å². The summed E-state index contributed by atoms with van der Waals surface area (Å²) in [5.41, 5.74) is 1.01. The summed E-state index contributed by atoms with van der Waals surface area (Å²) in [5, 5.41) is 16.0. The van der Waals surface area contributed by atoms with Crippen LogP contribution in [0, 0.1) is 17.8 Å². The van der Waals surface area contributed by atoms with E-state index in [0.29, 0.717) is 39.1 Å². The van der Waals surface area contributed by atoms with E-state index in [4.69, 9.17) is 14.2 Å². The van der Waals surface area contributed by atoms with E-state index >= 15 is 0 Å². The summed E-state index contributed by atoms with van der Waals surface area (Å²) in [7, 11) is 4.85. The summed E-state index contributed by atoms with van der Waals surface area (Å²) in [6.45, 7) is 13.3.